The number of rotatable bonds is 4. The van der Waals surface area contributed by atoms with Gasteiger partial charge in [0.05, 0.1) is 0 Å². The molecule has 2 nitrogen and oxygen atoms in total. The van der Waals surface area contributed by atoms with E-state index >= 15 is 0 Å². The highest BCUT2D eigenvalue weighted by atomic mass is 15.2. The van der Waals surface area contributed by atoms with Gasteiger partial charge in [0.25, 0.3) is 0 Å². The van der Waals surface area contributed by atoms with Crippen molar-refractivity contribution >= 4 is 0 Å². The van der Waals surface area contributed by atoms with Gasteiger partial charge in [-0.25, -0.2) is 0 Å². The molecule has 0 aromatic heterocycles. The van der Waals surface area contributed by atoms with Crippen LogP contribution in [0, 0.1) is 5.41 Å². The monoisotopic (exact) mass is 200 g/mol. The predicted molar refractivity (Wildman–Crippen MR) is 64.7 cm³/mol. The third-order valence-electron chi connectivity index (χ3n) is 3.05. The average molecular weight is 200 g/mol. The maximum absolute atomic E-state index is 2.42. The highest BCUT2D eigenvalue weighted by Gasteiger charge is 2.38. The molecule has 1 aliphatic rings. The molecule has 0 N–H and O–H groups in total. The molecule has 1 fully saturated rings. The minimum Gasteiger partial charge on any atom is -0.309 e. The predicted octanol–water partition coefficient (Wildman–Crippen LogP) is 2.31. The molecule has 1 saturated heterocycles. The highest BCUT2D eigenvalue weighted by Crippen LogP contribution is 2.35. The Kier molecular flexibility index (Phi) is 6.38. The molecule has 0 amide bonds. The maximum Gasteiger partial charge on any atom is 0.00478 e. The zero-order valence-electron chi connectivity index (χ0n) is 10.9. The van der Waals surface area contributed by atoms with E-state index in [1.54, 1.807) is 0 Å². The van der Waals surface area contributed by atoms with Gasteiger partial charge >= 0.3 is 0 Å². The Hall–Kier alpha value is -0.0800. The van der Waals surface area contributed by atoms with Gasteiger partial charge in [-0.1, -0.05) is 20.8 Å². The summed E-state index contributed by atoms with van der Waals surface area (Å²) < 4.78 is 0. The first kappa shape index (κ1) is 13.9. The zero-order valence-corrected chi connectivity index (χ0v) is 10.9. The summed E-state index contributed by atoms with van der Waals surface area (Å²) in [6.07, 6.45) is 2.70. The molecule has 0 aromatic rings. The molecule has 14 heavy (non-hydrogen) atoms. The Labute approximate surface area is 90.3 Å². The van der Waals surface area contributed by atoms with Crippen LogP contribution in [0.5, 0.6) is 0 Å². The van der Waals surface area contributed by atoms with Crippen LogP contribution in [0.15, 0.2) is 0 Å². The summed E-state index contributed by atoms with van der Waals surface area (Å²) in [6.45, 7) is 10.2. The summed E-state index contributed by atoms with van der Waals surface area (Å²) in [4.78, 5) is 4.70. The lowest BCUT2D eigenvalue weighted by Crippen LogP contribution is -2.54. The molecule has 0 spiro atoms. The van der Waals surface area contributed by atoms with E-state index in [9.17, 15) is 0 Å². The molecular formula is C12H28N2. The second kappa shape index (κ2) is 6.41. The van der Waals surface area contributed by atoms with E-state index in [0.29, 0.717) is 5.41 Å². The molecule has 1 heterocycles. The van der Waals surface area contributed by atoms with Crippen molar-refractivity contribution in [2.24, 2.45) is 5.41 Å². The Balaban J connectivity index is 0.000000791. The van der Waals surface area contributed by atoms with E-state index in [-0.39, 0.29) is 0 Å². The minimum atomic E-state index is 0.652. The van der Waals surface area contributed by atoms with Crippen molar-refractivity contribution in [3.63, 3.8) is 0 Å². The average Bonchev–Trinajstić information content (AvgIpc) is 2.13. The van der Waals surface area contributed by atoms with Crippen LogP contribution in [0.3, 0.4) is 0 Å². The lowest BCUT2D eigenvalue weighted by atomic mass is 9.75. The normalized spacial score (nSPS) is 19.9. The molecule has 1 aliphatic heterocycles. The van der Waals surface area contributed by atoms with Gasteiger partial charge in [0.2, 0.25) is 0 Å². The van der Waals surface area contributed by atoms with Crippen molar-refractivity contribution in [3.05, 3.63) is 0 Å². The van der Waals surface area contributed by atoms with Gasteiger partial charge in [-0.15, -0.1) is 0 Å². The van der Waals surface area contributed by atoms with Gasteiger partial charge in [0, 0.05) is 13.1 Å². The van der Waals surface area contributed by atoms with Crippen molar-refractivity contribution in [1.82, 2.24) is 9.80 Å². The first-order chi connectivity index (χ1) is 6.58. The SMILES string of the molecule is CC.CCC1(CCN(C)C)CN(C)C1. The molecule has 86 valence electrons. The van der Waals surface area contributed by atoms with Crippen molar-refractivity contribution in [2.45, 2.75) is 33.6 Å². The van der Waals surface area contributed by atoms with E-state index in [4.69, 9.17) is 0 Å². The molecule has 0 saturated carbocycles. The topological polar surface area (TPSA) is 6.48 Å². The molecule has 0 radical (unpaired) electrons. The molecule has 0 aliphatic carbocycles. The maximum atomic E-state index is 2.42. The molecule has 2 heteroatoms. The first-order valence-electron chi connectivity index (χ1n) is 5.91. The quantitative estimate of drug-likeness (QED) is 0.687. The fourth-order valence-corrected chi connectivity index (χ4v) is 2.12. The number of hydrogen-bond acceptors (Lipinski definition) is 2. The summed E-state index contributed by atoms with van der Waals surface area (Å²) >= 11 is 0. The highest BCUT2D eigenvalue weighted by molar-refractivity contribution is 4.92. The van der Waals surface area contributed by atoms with E-state index in [1.165, 1.54) is 32.5 Å². The van der Waals surface area contributed by atoms with Crippen LogP contribution in [-0.2, 0) is 0 Å². The molecule has 0 unspecified atom stereocenters. The van der Waals surface area contributed by atoms with E-state index in [2.05, 4.69) is 37.9 Å². The number of nitrogens with zero attached hydrogens (tertiary/aromatic N) is 2. The molecule has 0 atom stereocenters. The molecular weight excluding hydrogens is 172 g/mol. The van der Waals surface area contributed by atoms with Gasteiger partial charge in [0.1, 0.15) is 0 Å². The van der Waals surface area contributed by atoms with E-state index in [1.807, 2.05) is 13.8 Å². The number of hydrogen-bond donors (Lipinski definition) is 0. The summed E-state index contributed by atoms with van der Waals surface area (Å²) in [5.41, 5.74) is 0.652. The van der Waals surface area contributed by atoms with Gasteiger partial charge in [-0.3, -0.25) is 0 Å². The van der Waals surface area contributed by atoms with Crippen LogP contribution < -0.4 is 0 Å². The lowest BCUT2D eigenvalue weighted by molar-refractivity contribution is 0.00605. The van der Waals surface area contributed by atoms with Gasteiger partial charge < -0.3 is 9.80 Å². The summed E-state index contributed by atoms with van der Waals surface area (Å²) in [5.74, 6) is 0. The van der Waals surface area contributed by atoms with Crippen molar-refractivity contribution in [3.8, 4) is 0 Å². The van der Waals surface area contributed by atoms with Crippen LogP contribution in [0.4, 0.5) is 0 Å². The lowest BCUT2D eigenvalue weighted by Gasteiger charge is -2.49. The smallest absolute Gasteiger partial charge is 0.00478 e. The first-order valence-corrected chi connectivity index (χ1v) is 5.91. The Morgan fingerprint density at radius 2 is 1.71 bits per heavy atom. The van der Waals surface area contributed by atoms with Gasteiger partial charge in [-0.2, -0.15) is 0 Å². The van der Waals surface area contributed by atoms with E-state index in [0.717, 1.165) is 0 Å². The summed E-state index contributed by atoms with van der Waals surface area (Å²) in [5, 5.41) is 0. The van der Waals surface area contributed by atoms with Crippen molar-refractivity contribution in [2.75, 3.05) is 40.8 Å². The summed E-state index contributed by atoms with van der Waals surface area (Å²) in [6, 6.07) is 0. The minimum absolute atomic E-state index is 0.652. The fraction of sp³-hybridized carbons (Fsp3) is 1.00. The van der Waals surface area contributed by atoms with Gasteiger partial charge in [0.15, 0.2) is 0 Å². The van der Waals surface area contributed by atoms with Crippen LogP contribution in [0.25, 0.3) is 0 Å². The summed E-state index contributed by atoms with van der Waals surface area (Å²) in [7, 11) is 6.53. The molecule has 0 bridgehead atoms. The second-order valence-electron chi connectivity index (χ2n) is 4.58. The Bertz CT molecular complexity index is 137. The largest absolute Gasteiger partial charge is 0.309 e. The molecule has 1 rings (SSSR count). The second-order valence-corrected chi connectivity index (χ2v) is 4.58. The molecule has 0 aromatic carbocycles. The van der Waals surface area contributed by atoms with Crippen LogP contribution >= 0.6 is 0 Å². The zero-order chi connectivity index (χ0) is 11.2. The third-order valence-corrected chi connectivity index (χ3v) is 3.05. The van der Waals surface area contributed by atoms with Gasteiger partial charge in [-0.05, 0) is 45.9 Å². The van der Waals surface area contributed by atoms with Crippen LogP contribution in [0.1, 0.15) is 33.6 Å². The number of likely N-dealkylation sites (tertiary alicyclic amines) is 1. The van der Waals surface area contributed by atoms with E-state index < -0.39 is 0 Å². The Morgan fingerprint density at radius 3 is 2.00 bits per heavy atom. The fourth-order valence-electron chi connectivity index (χ4n) is 2.12. The van der Waals surface area contributed by atoms with Crippen LogP contribution in [-0.4, -0.2) is 50.6 Å². The Morgan fingerprint density at radius 1 is 1.21 bits per heavy atom. The third kappa shape index (κ3) is 3.97. The van der Waals surface area contributed by atoms with Crippen molar-refractivity contribution in [1.29, 1.82) is 0 Å². The standard InChI is InChI=1S/C10H22N2.C2H6/c1-5-10(6-7-11(2)3)8-12(4)9-10;1-2/h5-9H2,1-4H3;1-2H3. The van der Waals surface area contributed by atoms with Crippen molar-refractivity contribution < 1.29 is 0 Å². The van der Waals surface area contributed by atoms with Crippen LogP contribution in [0.2, 0.25) is 0 Å².